The second kappa shape index (κ2) is 7.56. The number of aromatic nitrogens is 5. The van der Waals surface area contributed by atoms with E-state index in [1.54, 1.807) is 0 Å². The van der Waals surface area contributed by atoms with E-state index in [-0.39, 0.29) is 17.1 Å². The van der Waals surface area contributed by atoms with Gasteiger partial charge >= 0.3 is 0 Å². The number of H-pyrrole nitrogens is 1. The lowest BCUT2D eigenvalue weighted by molar-refractivity contribution is -0.0381. The van der Waals surface area contributed by atoms with Gasteiger partial charge < -0.3 is 14.4 Å². The topological polar surface area (TPSA) is 81.1 Å². The molecule has 6 rings (SSSR count). The third kappa shape index (κ3) is 3.23. The van der Waals surface area contributed by atoms with Crippen molar-refractivity contribution in [2.45, 2.75) is 69.4 Å². The Morgan fingerprint density at radius 3 is 2.72 bits per heavy atom. The van der Waals surface area contributed by atoms with Crippen LogP contribution in [0.15, 0.2) is 24.5 Å². The first-order valence-electron chi connectivity index (χ1n) is 11.9. The molecule has 1 aliphatic carbocycles. The van der Waals surface area contributed by atoms with Gasteiger partial charge in [0, 0.05) is 30.8 Å². The number of aromatic amines is 1. The van der Waals surface area contributed by atoms with Crippen LogP contribution in [0.25, 0.3) is 16.9 Å². The summed E-state index contributed by atoms with van der Waals surface area (Å²) in [5.74, 6) is 1.77. The third-order valence-electron chi connectivity index (χ3n) is 7.99. The Hall–Kier alpha value is -2.45. The zero-order chi connectivity index (χ0) is 21.8. The number of morpholine rings is 1. The number of anilines is 1. The standard InChI is InChI=1S/C24H32N6O2/c1-17-16-31-13-11-29(17)21-14-19(23(2)6-8-24(9-7-23)5-3-12-32-24)18-15-26-30(22(18)27-21)20-4-10-25-28-20/h4,10,14-15,17H,3,5-9,11-13,16H2,1-2H3,(H,25,28)/t17-,23?,24?/m1/s1. The van der Waals surface area contributed by atoms with Gasteiger partial charge in [-0.3, -0.25) is 5.10 Å². The van der Waals surface area contributed by atoms with Crippen molar-refractivity contribution in [3.63, 3.8) is 0 Å². The van der Waals surface area contributed by atoms with E-state index in [0.29, 0.717) is 0 Å². The van der Waals surface area contributed by atoms with E-state index in [2.05, 4.69) is 35.0 Å². The van der Waals surface area contributed by atoms with Crippen LogP contribution in [0.3, 0.4) is 0 Å². The molecule has 3 aromatic rings. The molecule has 0 unspecified atom stereocenters. The molecule has 32 heavy (non-hydrogen) atoms. The summed E-state index contributed by atoms with van der Waals surface area (Å²) < 4.78 is 13.8. The van der Waals surface area contributed by atoms with Gasteiger partial charge in [0.15, 0.2) is 11.5 Å². The smallest absolute Gasteiger partial charge is 0.177 e. The minimum Gasteiger partial charge on any atom is -0.377 e. The normalized spacial score (nSPS) is 31.1. The summed E-state index contributed by atoms with van der Waals surface area (Å²) in [5.41, 5.74) is 2.42. The molecular formula is C24H32N6O2. The second-order valence-corrected chi connectivity index (χ2v) is 10.1. The summed E-state index contributed by atoms with van der Waals surface area (Å²) in [4.78, 5) is 7.49. The zero-order valence-corrected chi connectivity index (χ0v) is 19.0. The van der Waals surface area contributed by atoms with E-state index >= 15 is 0 Å². The summed E-state index contributed by atoms with van der Waals surface area (Å²) in [6.45, 7) is 7.86. The van der Waals surface area contributed by atoms with Crippen LogP contribution in [-0.2, 0) is 14.9 Å². The molecule has 3 fully saturated rings. The molecule has 1 saturated carbocycles. The Labute approximate surface area is 188 Å². The number of fused-ring (bicyclic) bond motifs is 1. The molecule has 2 saturated heterocycles. The number of nitrogens with one attached hydrogen (secondary N) is 1. The van der Waals surface area contributed by atoms with Gasteiger partial charge in [-0.15, -0.1) is 0 Å². The Bertz CT molecular complexity index is 1090. The molecule has 3 aliphatic rings. The van der Waals surface area contributed by atoms with Crippen LogP contribution in [-0.4, -0.2) is 63.0 Å². The van der Waals surface area contributed by atoms with Gasteiger partial charge in [-0.05, 0) is 62.5 Å². The number of ether oxygens (including phenoxy) is 2. The maximum absolute atomic E-state index is 6.22. The zero-order valence-electron chi connectivity index (χ0n) is 19.0. The number of nitrogens with zero attached hydrogens (tertiary/aromatic N) is 5. The van der Waals surface area contributed by atoms with Crippen molar-refractivity contribution in [3.05, 3.63) is 30.1 Å². The Morgan fingerprint density at radius 2 is 2.00 bits per heavy atom. The predicted octanol–water partition coefficient (Wildman–Crippen LogP) is 3.75. The van der Waals surface area contributed by atoms with Crippen molar-refractivity contribution in [2.75, 3.05) is 31.3 Å². The summed E-state index contributed by atoms with van der Waals surface area (Å²) in [5, 5.41) is 13.1. The average molecular weight is 437 g/mol. The van der Waals surface area contributed by atoms with Gasteiger partial charge in [0.2, 0.25) is 0 Å². The van der Waals surface area contributed by atoms with Crippen molar-refractivity contribution in [2.24, 2.45) is 0 Å². The number of pyridine rings is 1. The highest BCUT2D eigenvalue weighted by Crippen LogP contribution is 2.49. The van der Waals surface area contributed by atoms with Gasteiger partial charge in [-0.2, -0.15) is 14.9 Å². The maximum atomic E-state index is 6.22. The highest BCUT2D eigenvalue weighted by molar-refractivity contribution is 5.83. The number of rotatable bonds is 3. The molecule has 1 N–H and O–H groups in total. The van der Waals surface area contributed by atoms with E-state index in [1.165, 1.54) is 18.4 Å². The van der Waals surface area contributed by atoms with Crippen LogP contribution in [0.2, 0.25) is 0 Å². The maximum Gasteiger partial charge on any atom is 0.177 e. The van der Waals surface area contributed by atoms with Gasteiger partial charge in [0.1, 0.15) is 5.82 Å². The molecule has 0 radical (unpaired) electrons. The van der Waals surface area contributed by atoms with Crippen LogP contribution in [0.5, 0.6) is 0 Å². The summed E-state index contributed by atoms with van der Waals surface area (Å²) >= 11 is 0. The lowest BCUT2D eigenvalue weighted by Crippen LogP contribution is -2.44. The molecule has 1 spiro atoms. The monoisotopic (exact) mass is 436 g/mol. The molecule has 0 amide bonds. The van der Waals surface area contributed by atoms with Gasteiger partial charge in [-0.25, -0.2) is 4.98 Å². The minimum atomic E-state index is 0.0715. The quantitative estimate of drug-likeness (QED) is 0.674. The Kier molecular flexibility index (Phi) is 4.76. The van der Waals surface area contributed by atoms with E-state index in [9.17, 15) is 0 Å². The van der Waals surface area contributed by atoms with Gasteiger partial charge in [0.25, 0.3) is 0 Å². The van der Waals surface area contributed by atoms with Crippen molar-refractivity contribution in [1.29, 1.82) is 0 Å². The van der Waals surface area contributed by atoms with E-state index in [0.717, 1.165) is 74.7 Å². The fourth-order valence-electron chi connectivity index (χ4n) is 5.92. The Morgan fingerprint density at radius 1 is 1.12 bits per heavy atom. The molecule has 0 bridgehead atoms. The fraction of sp³-hybridized carbons (Fsp3) is 0.625. The number of hydrogen-bond acceptors (Lipinski definition) is 6. The van der Waals surface area contributed by atoms with Crippen molar-refractivity contribution >= 4 is 16.9 Å². The second-order valence-electron chi connectivity index (χ2n) is 10.1. The van der Waals surface area contributed by atoms with Crippen LogP contribution < -0.4 is 4.90 Å². The molecular weight excluding hydrogens is 404 g/mol. The summed E-state index contributed by atoms with van der Waals surface area (Å²) in [7, 11) is 0. The number of hydrogen-bond donors (Lipinski definition) is 1. The van der Waals surface area contributed by atoms with Gasteiger partial charge in [0.05, 0.1) is 31.1 Å². The van der Waals surface area contributed by atoms with Crippen LogP contribution in [0.4, 0.5) is 5.82 Å². The van der Waals surface area contributed by atoms with Crippen LogP contribution >= 0.6 is 0 Å². The fourth-order valence-corrected chi connectivity index (χ4v) is 5.92. The first-order valence-corrected chi connectivity index (χ1v) is 11.9. The van der Waals surface area contributed by atoms with Crippen molar-refractivity contribution in [1.82, 2.24) is 25.0 Å². The molecule has 1 atom stereocenters. The van der Waals surface area contributed by atoms with Crippen molar-refractivity contribution < 1.29 is 9.47 Å². The molecule has 2 aliphatic heterocycles. The van der Waals surface area contributed by atoms with Crippen LogP contribution in [0, 0.1) is 0 Å². The minimum absolute atomic E-state index is 0.0715. The highest BCUT2D eigenvalue weighted by Gasteiger charge is 2.44. The van der Waals surface area contributed by atoms with E-state index in [4.69, 9.17) is 19.6 Å². The molecule has 8 heteroatoms. The third-order valence-corrected chi connectivity index (χ3v) is 7.99. The molecule has 3 aromatic heterocycles. The SMILES string of the molecule is C[C@@H]1COCCN1c1cc(C2(C)CCC3(CCCO3)CC2)c2cnn(-c3cc[nH]n3)c2n1. The highest BCUT2D eigenvalue weighted by atomic mass is 16.5. The molecule has 170 valence electrons. The van der Waals surface area contributed by atoms with E-state index in [1.807, 2.05) is 23.1 Å². The molecule has 5 heterocycles. The van der Waals surface area contributed by atoms with Gasteiger partial charge in [-0.1, -0.05) is 6.92 Å². The lowest BCUT2D eigenvalue weighted by atomic mass is 9.65. The predicted molar refractivity (Wildman–Crippen MR) is 122 cm³/mol. The van der Waals surface area contributed by atoms with E-state index < -0.39 is 0 Å². The Balaban J connectivity index is 1.46. The van der Waals surface area contributed by atoms with Crippen LogP contribution in [0.1, 0.15) is 57.9 Å². The largest absolute Gasteiger partial charge is 0.377 e. The van der Waals surface area contributed by atoms with Crippen molar-refractivity contribution in [3.8, 4) is 5.82 Å². The molecule has 0 aromatic carbocycles. The summed E-state index contributed by atoms with van der Waals surface area (Å²) in [6.07, 6.45) is 10.7. The lowest BCUT2D eigenvalue weighted by Gasteiger charge is -2.43. The molecule has 8 nitrogen and oxygen atoms in total. The first-order chi connectivity index (χ1) is 15.6. The first kappa shape index (κ1) is 20.2. The summed E-state index contributed by atoms with van der Waals surface area (Å²) in [6, 6.07) is 4.55. The average Bonchev–Trinajstić information content (AvgIpc) is 3.57.